The van der Waals surface area contributed by atoms with Crippen molar-refractivity contribution in [2.45, 2.75) is 63.8 Å². The van der Waals surface area contributed by atoms with E-state index in [1.807, 2.05) is 0 Å². The van der Waals surface area contributed by atoms with E-state index in [1.54, 1.807) is 0 Å². The number of carbonyl (C=O) groups is 3. The van der Waals surface area contributed by atoms with Gasteiger partial charge in [-0.05, 0) is 25.7 Å². The summed E-state index contributed by atoms with van der Waals surface area (Å²) in [6.07, 6.45) is 7.62. The molecule has 1 saturated carbocycles. The van der Waals surface area contributed by atoms with Gasteiger partial charge in [0.1, 0.15) is 6.04 Å². The highest BCUT2D eigenvalue weighted by Gasteiger charge is 2.36. The van der Waals surface area contributed by atoms with E-state index in [9.17, 15) is 19.5 Å². The first-order chi connectivity index (χ1) is 9.61. The molecular weight excluding hydrogens is 258 g/mol. The second kappa shape index (κ2) is 6.86. The zero-order chi connectivity index (χ0) is 14.5. The first kappa shape index (κ1) is 15.0. The molecule has 0 aromatic rings. The van der Waals surface area contributed by atoms with Gasteiger partial charge < -0.3 is 10.0 Å². The maximum atomic E-state index is 12.4. The molecule has 1 unspecified atom stereocenters. The summed E-state index contributed by atoms with van der Waals surface area (Å²) in [6, 6.07) is -0.822. The van der Waals surface area contributed by atoms with E-state index < -0.39 is 17.9 Å². The molecule has 112 valence electrons. The van der Waals surface area contributed by atoms with Gasteiger partial charge in [0.15, 0.2) is 0 Å². The first-order valence-corrected chi connectivity index (χ1v) is 7.69. The molecule has 2 fully saturated rings. The van der Waals surface area contributed by atoms with Crippen LogP contribution in [0, 0.1) is 5.92 Å². The van der Waals surface area contributed by atoms with Gasteiger partial charge in [0.05, 0.1) is 0 Å². The van der Waals surface area contributed by atoms with Crippen LogP contribution in [0.25, 0.3) is 0 Å². The Kier molecular flexibility index (Phi) is 5.15. The molecule has 1 N–H and O–H groups in total. The summed E-state index contributed by atoms with van der Waals surface area (Å²) in [5.74, 6) is -2.10. The van der Waals surface area contributed by atoms with Crippen LogP contribution in [0.1, 0.15) is 57.8 Å². The molecule has 1 atom stereocenters. The Morgan fingerprint density at radius 1 is 0.850 bits per heavy atom. The minimum Gasteiger partial charge on any atom is -0.480 e. The summed E-state index contributed by atoms with van der Waals surface area (Å²) in [5.41, 5.74) is 0. The van der Waals surface area contributed by atoms with E-state index in [2.05, 4.69) is 0 Å². The molecule has 0 aromatic carbocycles. The summed E-state index contributed by atoms with van der Waals surface area (Å²) in [4.78, 5) is 37.3. The molecule has 2 rings (SSSR count). The Morgan fingerprint density at radius 2 is 1.45 bits per heavy atom. The van der Waals surface area contributed by atoms with Crippen molar-refractivity contribution >= 4 is 17.7 Å². The van der Waals surface area contributed by atoms with Gasteiger partial charge in [-0.3, -0.25) is 9.59 Å². The number of carbonyl (C=O) groups excluding carboxylic acids is 2. The molecule has 1 amide bonds. The van der Waals surface area contributed by atoms with Crippen molar-refractivity contribution in [2.24, 2.45) is 5.92 Å². The highest BCUT2D eigenvalue weighted by Crippen LogP contribution is 2.26. The fraction of sp³-hybridized carbons (Fsp3) is 0.800. The van der Waals surface area contributed by atoms with Gasteiger partial charge in [0, 0.05) is 12.5 Å². The maximum Gasteiger partial charge on any atom is 0.326 e. The van der Waals surface area contributed by atoms with E-state index in [-0.39, 0.29) is 11.7 Å². The average Bonchev–Trinajstić information content (AvgIpc) is 2.72. The molecule has 1 aliphatic heterocycles. The molecular formula is C15H23NO4. The number of carboxylic acids is 1. The van der Waals surface area contributed by atoms with Crippen molar-refractivity contribution in [1.29, 1.82) is 0 Å². The Hall–Kier alpha value is -1.39. The summed E-state index contributed by atoms with van der Waals surface area (Å²) in [7, 11) is 0. The molecule has 0 bridgehead atoms. The zero-order valence-electron chi connectivity index (χ0n) is 11.8. The second-order valence-electron chi connectivity index (χ2n) is 5.90. The zero-order valence-corrected chi connectivity index (χ0v) is 11.8. The van der Waals surface area contributed by atoms with Crippen LogP contribution in [0.5, 0.6) is 0 Å². The number of Topliss-reactive ketones (excluding diaryl/α,β-unsaturated/α-hetero) is 1. The second-order valence-corrected chi connectivity index (χ2v) is 5.90. The summed E-state index contributed by atoms with van der Waals surface area (Å²) in [5, 5.41) is 9.27. The van der Waals surface area contributed by atoms with Crippen LogP contribution < -0.4 is 0 Å². The number of carboxylic acid groups (broad SMARTS) is 1. The molecule has 5 heteroatoms. The van der Waals surface area contributed by atoms with Gasteiger partial charge >= 0.3 is 5.97 Å². The number of aliphatic carboxylic acids is 1. The minimum absolute atomic E-state index is 0.186. The molecule has 0 radical (unpaired) electrons. The lowest BCUT2D eigenvalue weighted by Gasteiger charge is -2.28. The summed E-state index contributed by atoms with van der Waals surface area (Å²) < 4.78 is 0. The van der Waals surface area contributed by atoms with Gasteiger partial charge in [-0.2, -0.15) is 0 Å². The predicted octanol–water partition coefficient (Wildman–Crippen LogP) is 1.99. The third kappa shape index (κ3) is 3.38. The van der Waals surface area contributed by atoms with Crippen molar-refractivity contribution < 1.29 is 19.5 Å². The number of hydrogen-bond acceptors (Lipinski definition) is 3. The van der Waals surface area contributed by atoms with E-state index in [0.29, 0.717) is 13.0 Å². The van der Waals surface area contributed by atoms with Crippen LogP contribution in [0.4, 0.5) is 0 Å². The lowest BCUT2D eigenvalue weighted by molar-refractivity contribution is -0.155. The smallest absolute Gasteiger partial charge is 0.326 e. The standard InChI is InChI=1S/C15H23NO4/c17-13(11-7-3-1-4-8-11)14(18)16-10-6-2-5-9-12(16)15(19)20/h11-12H,1-10H2,(H,19,20). The van der Waals surface area contributed by atoms with Crippen molar-refractivity contribution in [1.82, 2.24) is 4.90 Å². The third-order valence-corrected chi connectivity index (χ3v) is 4.49. The molecule has 20 heavy (non-hydrogen) atoms. The Balaban J connectivity index is 2.07. The minimum atomic E-state index is -0.989. The first-order valence-electron chi connectivity index (χ1n) is 7.69. The van der Waals surface area contributed by atoms with E-state index in [4.69, 9.17) is 0 Å². The summed E-state index contributed by atoms with van der Waals surface area (Å²) >= 11 is 0. The molecule has 2 aliphatic rings. The average molecular weight is 281 g/mol. The van der Waals surface area contributed by atoms with E-state index in [1.165, 1.54) is 4.90 Å². The van der Waals surface area contributed by atoms with Gasteiger partial charge in [-0.15, -0.1) is 0 Å². The van der Waals surface area contributed by atoms with Crippen LogP contribution in [0.2, 0.25) is 0 Å². The van der Waals surface area contributed by atoms with Crippen LogP contribution in [0.15, 0.2) is 0 Å². The quantitative estimate of drug-likeness (QED) is 0.803. The van der Waals surface area contributed by atoms with Gasteiger partial charge in [-0.25, -0.2) is 4.79 Å². The highest BCUT2D eigenvalue weighted by molar-refractivity contribution is 6.37. The predicted molar refractivity (Wildman–Crippen MR) is 73.2 cm³/mol. The van der Waals surface area contributed by atoms with E-state index in [0.717, 1.165) is 51.4 Å². The normalized spacial score (nSPS) is 25.0. The molecule has 0 spiro atoms. The van der Waals surface area contributed by atoms with E-state index >= 15 is 0 Å². The van der Waals surface area contributed by atoms with Crippen molar-refractivity contribution in [3.63, 3.8) is 0 Å². The van der Waals surface area contributed by atoms with Crippen LogP contribution >= 0.6 is 0 Å². The monoisotopic (exact) mass is 281 g/mol. The van der Waals surface area contributed by atoms with Crippen molar-refractivity contribution in [3.05, 3.63) is 0 Å². The Bertz CT molecular complexity index is 387. The molecule has 0 aromatic heterocycles. The maximum absolute atomic E-state index is 12.4. The fourth-order valence-corrected chi connectivity index (χ4v) is 3.29. The topological polar surface area (TPSA) is 74.7 Å². The molecule has 1 heterocycles. The number of amides is 1. The molecule has 1 aliphatic carbocycles. The van der Waals surface area contributed by atoms with Gasteiger partial charge in [-0.1, -0.05) is 32.1 Å². The van der Waals surface area contributed by atoms with Crippen molar-refractivity contribution in [3.8, 4) is 0 Å². The highest BCUT2D eigenvalue weighted by atomic mass is 16.4. The van der Waals surface area contributed by atoms with Gasteiger partial charge in [0.25, 0.3) is 5.91 Å². The lowest BCUT2D eigenvalue weighted by Crippen LogP contribution is -2.49. The number of ketones is 1. The lowest BCUT2D eigenvalue weighted by atomic mass is 9.85. The molecule has 5 nitrogen and oxygen atoms in total. The fourth-order valence-electron chi connectivity index (χ4n) is 3.29. The van der Waals surface area contributed by atoms with Crippen LogP contribution in [-0.2, 0) is 14.4 Å². The third-order valence-electron chi connectivity index (χ3n) is 4.49. The van der Waals surface area contributed by atoms with Crippen molar-refractivity contribution in [2.75, 3.05) is 6.54 Å². The number of hydrogen-bond donors (Lipinski definition) is 1. The van der Waals surface area contributed by atoms with Gasteiger partial charge in [0.2, 0.25) is 5.78 Å². The van der Waals surface area contributed by atoms with Crippen LogP contribution in [0.3, 0.4) is 0 Å². The summed E-state index contributed by atoms with van der Waals surface area (Å²) in [6.45, 7) is 0.397. The number of rotatable bonds is 3. The molecule has 1 saturated heterocycles. The van der Waals surface area contributed by atoms with Crippen LogP contribution in [-0.4, -0.2) is 40.3 Å². The number of likely N-dealkylation sites (tertiary alicyclic amines) is 1. The largest absolute Gasteiger partial charge is 0.480 e. The Morgan fingerprint density at radius 3 is 2.10 bits per heavy atom. The number of nitrogens with zero attached hydrogens (tertiary/aromatic N) is 1. The SMILES string of the molecule is O=C(C(=O)N1CCCCCC1C(=O)O)C1CCCCC1. The Labute approximate surface area is 119 Å².